The van der Waals surface area contributed by atoms with Gasteiger partial charge in [-0.2, -0.15) is 0 Å². The number of unbranched alkanes of at least 4 members (excludes halogenated alkanes) is 3. The molecule has 0 bridgehead atoms. The molecule has 4 N–H and O–H groups in total. The van der Waals surface area contributed by atoms with Gasteiger partial charge in [0.1, 0.15) is 6.04 Å². The Morgan fingerprint density at radius 1 is 1.10 bits per heavy atom. The largest absolute Gasteiger partial charge is 0.354 e. The molecular weight excluding hydrogens is 266 g/mol. The fraction of sp³-hybridized carbons (Fsp3) is 0.875. The molecular formula is C16H33N3O2. The third kappa shape index (κ3) is 11.3. The Bertz CT molecular complexity index is 293. The summed E-state index contributed by atoms with van der Waals surface area (Å²) in [7, 11) is 0. The Kier molecular flexibility index (Phi) is 12.0. The first kappa shape index (κ1) is 19.9. The van der Waals surface area contributed by atoms with Crippen LogP contribution in [0, 0.1) is 5.92 Å². The van der Waals surface area contributed by atoms with Gasteiger partial charge in [0.05, 0.1) is 0 Å². The van der Waals surface area contributed by atoms with Crippen LogP contribution in [0.25, 0.3) is 0 Å². The van der Waals surface area contributed by atoms with Crippen molar-refractivity contribution in [2.75, 3.05) is 13.1 Å². The summed E-state index contributed by atoms with van der Waals surface area (Å²) >= 11 is 0. The topological polar surface area (TPSA) is 84.2 Å². The van der Waals surface area contributed by atoms with Gasteiger partial charge in [0.2, 0.25) is 11.8 Å². The zero-order valence-corrected chi connectivity index (χ0v) is 13.9. The molecule has 0 rings (SSSR count). The minimum atomic E-state index is -0.426. The molecule has 124 valence electrons. The number of hydrogen-bond acceptors (Lipinski definition) is 3. The van der Waals surface area contributed by atoms with Crippen LogP contribution < -0.4 is 16.4 Å². The summed E-state index contributed by atoms with van der Waals surface area (Å²) in [6.07, 6.45) is 5.89. The number of rotatable bonds is 12. The van der Waals surface area contributed by atoms with Crippen molar-refractivity contribution < 1.29 is 9.59 Å². The van der Waals surface area contributed by atoms with Gasteiger partial charge in [-0.3, -0.25) is 9.59 Å². The van der Waals surface area contributed by atoms with Crippen LogP contribution in [0.15, 0.2) is 0 Å². The molecule has 0 saturated heterocycles. The number of carbonyl (C=O) groups is 2. The summed E-state index contributed by atoms with van der Waals surface area (Å²) < 4.78 is 0. The number of hydrogen-bond donors (Lipinski definition) is 3. The van der Waals surface area contributed by atoms with Crippen molar-refractivity contribution >= 4 is 11.8 Å². The van der Waals surface area contributed by atoms with Crippen molar-refractivity contribution in [3.8, 4) is 0 Å². The van der Waals surface area contributed by atoms with Gasteiger partial charge in [0.15, 0.2) is 0 Å². The van der Waals surface area contributed by atoms with Crippen LogP contribution >= 0.6 is 0 Å². The highest BCUT2D eigenvalue weighted by Crippen LogP contribution is 2.04. The van der Waals surface area contributed by atoms with Crippen LogP contribution in [0.1, 0.15) is 65.7 Å². The highest BCUT2D eigenvalue weighted by Gasteiger charge is 2.19. The molecule has 0 saturated carbocycles. The SMILES string of the molecule is CCCCCC(=O)N[C@@H](CCCCN)C(=O)NCC(C)C. The molecule has 0 spiro atoms. The second-order valence-electron chi connectivity index (χ2n) is 6.00. The monoisotopic (exact) mass is 299 g/mol. The summed E-state index contributed by atoms with van der Waals surface area (Å²) in [5, 5.41) is 5.76. The molecule has 0 heterocycles. The Morgan fingerprint density at radius 3 is 2.38 bits per heavy atom. The van der Waals surface area contributed by atoms with Gasteiger partial charge in [-0.1, -0.05) is 33.6 Å². The van der Waals surface area contributed by atoms with E-state index in [0.29, 0.717) is 31.8 Å². The lowest BCUT2D eigenvalue weighted by atomic mass is 10.1. The summed E-state index contributed by atoms with van der Waals surface area (Å²) in [6.45, 7) is 7.45. The van der Waals surface area contributed by atoms with Crippen LogP contribution in [0.5, 0.6) is 0 Å². The van der Waals surface area contributed by atoms with Gasteiger partial charge in [-0.05, 0) is 38.1 Å². The Morgan fingerprint density at radius 2 is 1.81 bits per heavy atom. The normalized spacial score (nSPS) is 12.2. The van der Waals surface area contributed by atoms with E-state index < -0.39 is 6.04 Å². The predicted octanol–water partition coefficient (Wildman–Crippen LogP) is 1.95. The standard InChI is InChI=1S/C16H33N3O2/c1-4-5-6-10-15(20)19-14(9-7-8-11-17)16(21)18-12-13(2)3/h13-14H,4-12,17H2,1-3H3,(H,18,21)(H,19,20)/t14-/m0/s1. The molecule has 5 nitrogen and oxygen atoms in total. The highest BCUT2D eigenvalue weighted by molar-refractivity contribution is 5.87. The lowest BCUT2D eigenvalue weighted by molar-refractivity contribution is -0.129. The smallest absolute Gasteiger partial charge is 0.242 e. The summed E-state index contributed by atoms with van der Waals surface area (Å²) in [5.74, 6) is 0.296. The van der Waals surface area contributed by atoms with Crippen LogP contribution in [-0.4, -0.2) is 30.9 Å². The molecule has 0 aromatic carbocycles. The van der Waals surface area contributed by atoms with Crippen LogP contribution in [-0.2, 0) is 9.59 Å². The number of nitrogens with one attached hydrogen (secondary N) is 2. The van der Waals surface area contributed by atoms with E-state index in [9.17, 15) is 9.59 Å². The maximum absolute atomic E-state index is 12.2. The molecule has 0 aliphatic rings. The summed E-state index contributed by atoms with van der Waals surface area (Å²) in [5.41, 5.74) is 5.48. The fourth-order valence-corrected chi connectivity index (χ4v) is 1.99. The van der Waals surface area contributed by atoms with E-state index in [1.54, 1.807) is 0 Å². The Balaban J connectivity index is 4.29. The zero-order chi connectivity index (χ0) is 16.1. The average Bonchev–Trinajstić information content (AvgIpc) is 2.44. The minimum Gasteiger partial charge on any atom is -0.354 e. The maximum Gasteiger partial charge on any atom is 0.242 e. The molecule has 0 aromatic rings. The van der Waals surface area contributed by atoms with Crippen LogP contribution in [0.3, 0.4) is 0 Å². The molecule has 0 aromatic heterocycles. The second-order valence-corrected chi connectivity index (χ2v) is 6.00. The van der Waals surface area contributed by atoms with Crippen LogP contribution in [0.2, 0.25) is 0 Å². The van der Waals surface area contributed by atoms with Gasteiger partial charge in [-0.15, -0.1) is 0 Å². The van der Waals surface area contributed by atoms with E-state index in [1.165, 1.54) is 0 Å². The molecule has 5 heteroatoms. The average molecular weight is 299 g/mol. The van der Waals surface area contributed by atoms with E-state index in [4.69, 9.17) is 5.73 Å². The van der Waals surface area contributed by atoms with Gasteiger partial charge in [0, 0.05) is 13.0 Å². The fourth-order valence-electron chi connectivity index (χ4n) is 1.99. The minimum absolute atomic E-state index is 0.0269. The van der Waals surface area contributed by atoms with E-state index in [1.807, 2.05) is 13.8 Å². The van der Waals surface area contributed by atoms with Gasteiger partial charge in [0.25, 0.3) is 0 Å². The lowest BCUT2D eigenvalue weighted by Gasteiger charge is -2.19. The molecule has 1 atom stereocenters. The van der Waals surface area contributed by atoms with Crippen molar-refractivity contribution in [3.05, 3.63) is 0 Å². The second kappa shape index (κ2) is 12.6. The molecule has 21 heavy (non-hydrogen) atoms. The van der Waals surface area contributed by atoms with Gasteiger partial charge in [-0.25, -0.2) is 0 Å². The molecule has 0 aliphatic carbocycles. The Hall–Kier alpha value is -1.10. The summed E-state index contributed by atoms with van der Waals surface area (Å²) in [6, 6.07) is -0.426. The van der Waals surface area contributed by atoms with Crippen molar-refractivity contribution in [2.45, 2.75) is 71.8 Å². The lowest BCUT2D eigenvalue weighted by Crippen LogP contribution is -2.47. The van der Waals surface area contributed by atoms with E-state index in [-0.39, 0.29) is 11.8 Å². The molecule has 0 radical (unpaired) electrons. The van der Waals surface area contributed by atoms with Crippen molar-refractivity contribution in [1.82, 2.24) is 10.6 Å². The maximum atomic E-state index is 12.2. The van der Waals surface area contributed by atoms with Crippen molar-refractivity contribution in [1.29, 1.82) is 0 Å². The third-order valence-corrected chi connectivity index (χ3v) is 3.29. The van der Waals surface area contributed by atoms with Gasteiger partial charge >= 0.3 is 0 Å². The first-order valence-corrected chi connectivity index (χ1v) is 8.28. The molecule has 0 unspecified atom stereocenters. The molecule has 0 aliphatic heterocycles. The van der Waals surface area contributed by atoms with E-state index in [2.05, 4.69) is 17.6 Å². The Labute approximate surface area is 129 Å². The quantitative estimate of drug-likeness (QED) is 0.482. The molecule has 2 amide bonds. The highest BCUT2D eigenvalue weighted by atomic mass is 16.2. The van der Waals surface area contributed by atoms with Crippen molar-refractivity contribution in [2.24, 2.45) is 11.7 Å². The number of nitrogens with two attached hydrogens (primary N) is 1. The van der Waals surface area contributed by atoms with Crippen molar-refractivity contribution in [3.63, 3.8) is 0 Å². The third-order valence-electron chi connectivity index (χ3n) is 3.29. The molecule has 0 fully saturated rings. The van der Waals surface area contributed by atoms with E-state index >= 15 is 0 Å². The van der Waals surface area contributed by atoms with E-state index in [0.717, 1.165) is 32.1 Å². The number of amides is 2. The first-order chi connectivity index (χ1) is 10.0. The first-order valence-electron chi connectivity index (χ1n) is 8.28. The van der Waals surface area contributed by atoms with Crippen LogP contribution in [0.4, 0.5) is 0 Å². The van der Waals surface area contributed by atoms with Gasteiger partial charge < -0.3 is 16.4 Å². The zero-order valence-electron chi connectivity index (χ0n) is 13.9. The number of carbonyl (C=O) groups excluding carboxylic acids is 2. The summed E-state index contributed by atoms with van der Waals surface area (Å²) in [4.78, 5) is 24.0. The predicted molar refractivity (Wildman–Crippen MR) is 86.8 cm³/mol.